The number of benzene rings is 1. The van der Waals surface area contributed by atoms with Crippen LogP contribution in [0.25, 0.3) is 0 Å². The van der Waals surface area contributed by atoms with Crippen LogP contribution in [0.1, 0.15) is 0 Å². The van der Waals surface area contributed by atoms with Gasteiger partial charge in [-0.05, 0) is 12.1 Å². The zero-order valence-corrected chi connectivity index (χ0v) is 12.6. The number of carbonyl (C=O) groups excluding carboxylic acids is 2. The molecule has 116 valence electrons. The highest BCUT2D eigenvalue weighted by molar-refractivity contribution is 6.23. The summed E-state index contributed by atoms with van der Waals surface area (Å²) in [6.07, 6.45) is 4.18. The highest BCUT2D eigenvalue weighted by atomic mass is 16.5. The van der Waals surface area contributed by atoms with Crippen LogP contribution in [0.5, 0.6) is 0 Å². The minimum absolute atomic E-state index is 0.0130. The Balaban J connectivity index is 1.57. The van der Waals surface area contributed by atoms with Crippen molar-refractivity contribution in [3.8, 4) is 0 Å². The normalized spacial score (nSPS) is 39.7. The third kappa shape index (κ3) is 1.45. The third-order valence-corrected chi connectivity index (χ3v) is 5.74. The molecular weight excluding hydrogens is 292 g/mol. The van der Waals surface area contributed by atoms with E-state index in [4.69, 9.17) is 4.74 Å². The van der Waals surface area contributed by atoms with Gasteiger partial charge in [0.15, 0.2) is 5.90 Å². The van der Waals surface area contributed by atoms with Gasteiger partial charge in [0.2, 0.25) is 11.8 Å². The number of methoxy groups -OCH3 is 1. The van der Waals surface area contributed by atoms with E-state index < -0.39 is 0 Å². The Morgan fingerprint density at radius 2 is 1.61 bits per heavy atom. The average Bonchev–Trinajstić information content (AvgIpc) is 2.82. The molecule has 2 fully saturated rings. The summed E-state index contributed by atoms with van der Waals surface area (Å²) in [5.41, 5.74) is 0.663. The van der Waals surface area contributed by atoms with Crippen molar-refractivity contribution in [3.63, 3.8) is 0 Å². The molecule has 0 radical (unpaired) electrons. The highest BCUT2D eigenvalue weighted by Crippen LogP contribution is 2.56. The van der Waals surface area contributed by atoms with Crippen molar-refractivity contribution in [2.75, 3.05) is 12.0 Å². The summed E-state index contributed by atoms with van der Waals surface area (Å²) in [4.78, 5) is 31.9. The van der Waals surface area contributed by atoms with Gasteiger partial charge in [0.25, 0.3) is 0 Å². The largest absolute Gasteiger partial charge is 0.484 e. The lowest BCUT2D eigenvalue weighted by Crippen LogP contribution is -2.59. The quantitative estimate of drug-likeness (QED) is 0.585. The Labute approximate surface area is 133 Å². The van der Waals surface area contributed by atoms with E-state index in [0.717, 1.165) is 5.90 Å². The molecule has 6 atom stereocenters. The van der Waals surface area contributed by atoms with Crippen LogP contribution in [0.2, 0.25) is 0 Å². The lowest BCUT2D eigenvalue weighted by molar-refractivity contribution is -0.126. The van der Waals surface area contributed by atoms with Gasteiger partial charge in [-0.2, -0.15) is 0 Å². The van der Waals surface area contributed by atoms with Crippen LogP contribution in [0.3, 0.4) is 0 Å². The van der Waals surface area contributed by atoms with E-state index in [1.165, 1.54) is 4.90 Å². The molecule has 2 heterocycles. The molecule has 0 unspecified atom stereocenters. The second-order valence-corrected chi connectivity index (χ2v) is 6.63. The Bertz CT molecular complexity index is 770. The van der Waals surface area contributed by atoms with E-state index in [1.807, 2.05) is 30.3 Å². The summed E-state index contributed by atoms with van der Waals surface area (Å²) in [5.74, 6) is 0.207. The van der Waals surface area contributed by atoms with Crippen LogP contribution in [-0.4, -0.2) is 30.9 Å². The summed E-state index contributed by atoms with van der Waals surface area (Å²) < 4.78 is 5.34. The molecule has 23 heavy (non-hydrogen) atoms. The first-order chi connectivity index (χ1) is 11.2. The van der Waals surface area contributed by atoms with E-state index in [-0.39, 0.29) is 47.4 Å². The van der Waals surface area contributed by atoms with E-state index in [0.29, 0.717) is 5.69 Å². The number of hydrogen-bond acceptors (Lipinski definition) is 4. The molecule has 0 N–H and O–H groups in total. The lowest BCUT2D eigenvalue weighted by Gasteiger charge is -2.52. The Morgan fingerprint density at radius 3 is 2.30 bits per heavy atom. The van der Waals surface area contributed by atoms with Crippen molar-refractivity contribution in [2.45, 2.75) is 6.04 Å². The zero-order chi connectivity index (χ0) is 15.7. The van der Waals surface area contributed by atoms with Gasteiger partial charge in [-0.3, -0.25) is 19.5 Å². The lowest BCUT2D eigenvalue weighted by atomic mass is 9.54. The van der Waals surface area contributed by atoms with E-state index in [2.05, 4.69) is 17.1 Å². The van der Waals surface area contributed by atoms with Crippen LogP contribution in [0.4, 0.5) is 5.69 Å². The molecule has 1 aromatic rings. The second kappa shape index (κ2) is 4.31. The van der Waals surface area contributed by atoms with Crippen molar-refractivity contribution >= 4 is 23.4 Å². The fourth-order valence-corrected chi connectivity index (χ4v) is 4.80. The maximum Gasteiger partial charge on any atom is 0.238 e. The number of ether oxygens (including phenoxy) is 1. The molecule has 2 bridgehead atoms. The van der Waals surface area contributed by atoms with E-state index in [1.54, 1.807) is 7.11 Å². The fraction of sp³-hybridized carbons (Fsp3) is 0.389. The van der Waals surface area contributed by atoms with Gasteiger partial charge in [0, 0.05) is 11.8 Å². The number of imide groups is 1. The summed E-state index contributed by atoms with van der Waals surface area (Å²) in [7, 11) is 1.62. The van der Waals surface area contributed by atoms with Crippen molar-refractivity contribution in [1.29, 1.82) is 0 Å². The first-order valence-corrected chi connectivity index (χ1v) is 7.95. The summed E-state index contributed by atoms with van der Waals surface area (Å²) in [6.45, 7) is 0. The van der Waals surface area contributed by atoms with Gasteiger partial charge in [0.1, 0.15) is 0 Å². The molecule has 2 aliphatic heterocycles. The smallest absolute Gasteiger partial charge is 0.238 e. The Hall–Kier alpha value is -2.43. The number of hydrogen-bond donors (Lipinski definition) is 0. The van der Waals surface area contributed by atoms with E-state index >= 15 is 0 Å². The molecule has 1 aromatic carbocycles. The number of nitrogens with zero attached hydrogens (tertiary/aromatic N) is 2. The summed E-state index contributed by atoms with van der Waals surface area (Å²) >= 11 is 0. The topological polar surface area (TPSA) is 59.0 Å². The van der Waals surface area contributed by atoms with Crippen LogP contribution in [-0.2, 0) is 14.3 Å². The number of aliphatic imine (C=N–C) groups is 1. The predicted octanol–water partition coefficient (Wildman–Crippen LogP) is 1.65. The third-order valence-electron chi connectivity index (χ3n) is 5.74. The van der Waals surface area contributed by atoms with Crippen LogP contribution in [0.15, 0.2) is 47.5 Å². The number of amides is 2. The maximum absolute atomic E-state index is 13.0. The number of rotatable bonds is 1. The first-order valence-electron chi connectivity index (χ1n) is 7.95. The van der Waals surface area contributed by atoms with Crippen LogP contribution < -0.4 is 4.90 Å². The van der Waals surface area contributed by atoms with Gasteiger partial charge >= 0.3 is 0 Å². The van der Waals surface area contributed by atoms with Gasteiger partial charge in [-0.15, -0.1) is 0 Å². The van der Waals surface area contributed by atoms with Crippen molar-refractivity contribution in [2.24, 2.45) is 34.6 Å². The van der Waals surface area contributed by atoms with Gasteiger partial charge < -0.3 is 4.74 Å². The maximum atomic E-state index is 13.0. The van der Waals surface area contributed by atoms with Gasteiger partial charge in [-0.1, -0.05) is 30.4 Å². The standard InChI is InChI=1S/C18H16N2O3/c1-23-16-14-10-7-8-11(15(14)19-16)13-12(10)17(21)20(18(13)22)9-5-3-2-4-6-9/h2-8,10-15H,1H3/t10-,11-,12-,13-,14-,15-/m1/s1. The molecular formula is C18H16N2O3. The summed E-state index contributed by atoms with van der Waals surface area (Å²) in [6, 6.07) is 9.29. The molecule has 5 aliphatic rings. The minimum atomic E-state index is -0.278. The molecule has 1 saturated carbocycles. The van der Waals surface area contributed by atoms with Gasteiger partial charge in [-0.25, -0.2) is 0 Å². The summed E-state index contributed by atoms with van der Waals surface area (Å²) in [5, 5.41) is 0. The molecule has 1 saturated heterocycles. The first kappa shape index (κ1) is 13.0. The van der Waals surface area contributed by atoms with Crippen molar-refractivity contribution < 1.29 is 14.3 Å². The number of anilines is 1. The number of para-hydroxylation sites is 1. The van der Waals surface area contributed by atoms with Crippen LogP contribution in [0, 0.1) is 29.6 Å². The monoisotopic (exact) mass is 308 g/mol. The minimum Gasteiger partial charge on any atom is -0.484 e. The SMILES string of the molecule is COC1=N[C@@H]2[C@@H]3C=C[C@@H]([C@@H]12)[C@H]1C(=O)N(c2ccccc2)C(=O)[C@H]31. The van der Waals surface area contributed by atoms with E-state index in [9.17, 15) is 9.59 Å². The molecule has 5 heteroatoms. The Morgan fingerprint density at radius 1 is 0.957 bits per heavy atom. The molecule has 0 aromatic heterocycles. The van der Waals surface area contributed by atoms with Crippen LogP contribution >= 0.6 is 0 Å². The zero-order valence-electron chi connectivity index (χ0n) is 12.6. The van der Waals surface area contributed by atoms with Crippen molar-refractivity contribution in [1.82, 2.24) is 0 Å². The molecule has 0 spiro atoms. The number of allylic oxidation sites excluding steroid dienone is 1. The molecule has 5 nitrogen and oxygen atoms in total. The average molecular weight is 308 g/mol. The molecule has 3 aliphatic carbocycles. The van der Waals surface area contributed by atoms with Gasteiger partial charge in [0.05, 0.1) is 36.6 Å². The number of carbonyl (C=O) groups is 2. The molecule has 2 amide bonds. The fourth-order valence-electron chi connectivity index (χ4n) is 4.80. The second-order valence-electron chi connectivity index (χ2n) is 6.63. The molecule has 6 rings (SSSR count). The Kier molecular flexibility index (Phi) is 2.45. The highest BCUT2D eigenvalue weighted by Gasteiger charge is 2.66. The van der Waals surface area contributed by atoms with Crippen molar-refractivity contribution in [3.05, 3.63) is 42.5 Å². The predicted molar refractivity (Wildman–Crippen MR) is 83.8 cm³/mol.